The van der Waals surface area contributed by atoms with E-state index in [-0.39, 0.29) is 6.04 Å². The molecular formula is C19H23ClN2O4. The molecular weight excluding hydrogens is 356 g/mol. The van der Waals surface area contributed by atoms with Crippen LogP contribution in [0.2, 0.25) is 5.02 Å². The topological polar surface area (TPSA) is 84.5 Å². The molecule has 0 heterocycles. The Morgan fingerprint density at radius 2 is 1.88 bits per heavy atom. The van der Waals surface area contributed by atoms with Crippen LogP contribution in [0.25, 0.3) is 6.08 Å². The number of rotatable bonds is 5. The van der Waals surface area contributed by atoms with Crippen molar-refractivity contribution in [2.24, 2.45) is 5.92 Å². The average molecular weight is 379 g/mol. The highest BCUT2D eigenvalue weighted by atomic mass is 35.5. The fourth-order valence-electron chi connectivity index (χ4n) is 2.82. The number of carbonyl (C=O) groups excluding carboxylic acids is 3. The minimum absolute atomic E-state index is 0.0707. The third-order valence-electron chi connectivity index (χ3n) is 4.31. The predicted octanol–water partition coefficient (Wildman–Crippen LogP) is 3.30. The van der Waals surface area contributed by atoms with Gasteiger partial charge in [-0.1, -0.05) is 43.5 Å². The van der Waals surface area contributed by atoms with Crippen LogP contribution in [0.4, 0.5) is 4.79 Å². The van der Waals surface area contributed by atoms with E-state index in [1.54, 1.807) is 30.3 Å². The molecule has 2 N–H and O–H groups in total. The van der Waals surface area contributed by atoms with Gasteiger partial charge in [0.2, 0.25) is 0 Å². The number of hydrogen-bond acceptors (Lipinski definition) is 4. The van der Waals surface area contributed by atoms with Crippen LogP contribution in [-0.2, 0) is 14.3 Å². The maximum Gasteiger partial charge on any atom is 0.331 e. The molecule has 1 aromatic carbocycles. The van der Waals surface area contributed by atoms with Crippen LogP contribution in [0.15, 0.2) is 30.3 Å². The van der Waals surface area contributed by atoms with Crippen molar-refractivity contribution in [3.63, 3.8) is 0 Å². The second-order valence-corrected chi connectivity index (χ2v) is 6.82. The van der Waals surface area contributed by atoms with Crippen LogP contribution < -0.4 is 10.6 Å². The third-order valence-corrected chi connectivity index (χ3v) is 4.56. The number of urea groups is 1. The first-order valence-corrected chi connectivity index (χ1v) is 9.02. The molecule has 6 nitrogen and oxygen atoms in total. The minimum Gasteiger partial charge on any atom is -0.452 e. The van der Waals surface area contributed by atoms with Crippen molar-refractivity contribution < 1.29 is 19.1 Å². The van der Waals surface area contributed by atoms with Gasteiger partial charge in [0.05, 0.1) is 0 Å². The number of ether oxygens (including phenoxy) is 1. The lowest BCUT2D eigenvalue weighted by Gasteiger charge is -2.29. The van der Waals surface area contributed by atoms with Gasteiger partial charge in [-0.3, -0.25) is 10.1 Å². The molecule has 1 aromatic rings. The van der Waals surface area contributed by atoms with Crippen LogP contribution in [0.3, 0.4) is 0 Å². The first-order chi connectivity index (χ1) is 12.4. The van der Waals surface area contributed by atoms with Gasteiger partial charge in [0.1, 0.15) is 0 Å². The van der Waals surface area contributed by atoms with Gasteiger partial charge in [-0.25, -0.2) is 9.59 Å². The second-order valence-electron chi connectivity index (χ2n) is 6.38. The van der Waals surface area contributed by atoms with E-state index in [0.717, 1.165) is 24.8 Å². The zero-order chi connectivity index (χ0) is 18.9. The Morgan fingerprint density at radius 1 is 1.19 bits per heavy atom. The number of nitrogens with one attached hydrogen (secondary N) is 2. The predicted molar refractivity (Wildman–Crippen MR) is 99.5 cm³/mol. The molecule has 2 rings (SSSR count). The molecule has 26 heavy (non-hydrogen) atoms. The lowest BCUT2D eigenvalue weighted by Crippen LogP contribution is -2.48. The van der Waals surface area contributed by atoms with Crippen molar-refractivity contribution in [2.45, 2.75) is 38.6 Å². The molecule has 1 aliphatic carbocycles. The van der Waals surface area contributed by atoms with Crippen LogP contribution in [-0.4, -0.2) is 30.6 Å². The fraction of sp³-hybridized carbons (Fsp3) is 0.421. The smallest absolute Gasteiger partial charge is 0.331 e. The third kappa shape index (κ3) is 6.88. The van der Waals surface area contributed by atoms with Gasteiger partial charge < -0.3 is 10.1 Å². The summed E-state index contributed by atoms with van der Waals surface area (Å²) in [6, 6.07) is 6.41. The molecule has 3 amide bonds. The van der Waals surface area contributed by atoms with E-state index in [4.69, 9.17) is 16.3 Å². The maximum atomic E-state index is 11.8. The van der Waals surface area contributed by atoms with Gasteiger partial charge in [-0.15, -0.1) is 0 Å². The molecule has 1 saturated carbocycles. The zero-order valence-corrected chi connectivity index (χ0v) is 15.4. The number of halogens is 1. The number of amides is 3. The molecule has 1 aliphatic rings. The van der Waals surface area contributed by atoms with E-state index in [0.29, 0.717) is 10.9 Å². The molecule has 0 spiro atoms. The first kappa shape index (κ1) is 20.0. The van der Waals surface area contributed by atoms with Crippen molar-refractivity contribution in [3.05, 3.63) is 40.9 Å². The Kier molecular flexibility index (Phi) is 7.66. The second kappa shape index (κ2) is 9.97. The van der Waals surface area contributed by atoms with Crippen LogP contribution in [0, 0.1) is 5.92 Å². The van der Waals surface area contributed by atoms with E-state index < -0.39 is 24.5 Å². The fourth-order valence-corrected chi connectivity index (χ4v) is 2.95. The van der Waals surface area contributed by atoms with Crippen LogP contribution >= 0.6 is 11.6 Å². The quantitative estimate of drug-likeness (QED) is 0.608. The molecule has 0 saturated heterocycles. The summed E-state index contributed by atoms with van der Waals surface area (Å²) < 4.78 is 4.82. The maximum absolute atomic E-state index is 11.8. The summed E-state index contributed by atoms with van der Waals surface area (Å²) in [5.74, 6) is -0.948. The van der Waals surface area contributed by atoms with Gasteiger partial charge in [0.15, 0.2) is 6.61 Å². The molecule has 0 unspecified atom stereocenters. The van der Waals surface area contributed by atoms with Crippen molar-refractivity contribution in [1.29, 1.82) is 0 Å². The van der Waals surface area contributed by atoms with Crippen molar-refractivity contribution in [1.82, 2.24) is 10.6 Å². The normalized spacial score (nSPS) is 19.8. The van der Waals surface area contributed by atoms with Crippen LogP contribution in [0.5, 0.6) is 0 Å². The molecule has 7 heteroatoms. The summed E-state index contributed by atoms with van der Waals surface area (Å²) in [5, 5.41) is 5.58. The molecule has 1 fully saturated rings. The number of benzene rings is 1. The monoisotopic (exact) mass is 378 g/mol. The SMILES string of the molecule is C[C@H]1CCCC[C@H]1NC(=O)NC(=O)COC(=O)/C=C/c1ccc(Cl)cc1. The first-order valence-electron chi connectivity index (χ1n) is 8.65. The van der Waals surface area contributed by atoms with E-state index in [1.807, 2.05) is 0 Å². The Bertz CT molecular complexity index is 673. The average Bonchev–Trinajstić information content (AvgIpc) is 2.61. The highest BCUT2D eigenvalue weighted by Gasteiger charge is 2.23. The summed E-state index contributed by atoms with van der Waals surface area (Å²) in [6.07, 6.45) is 6.97. The minimum atomic E-state index is -0.670. The molecule has 0 bridgehead atoms. The molecule has 140 valence electrons. The number of hydrogen-bond donors (Lipinski definition) is 2. The number of carbonyl (C=O) groups is 3. The zero-order valence-electron chi connectivity index (χ0n) is 14.7. The van der Waals surface area contributed by atoms with Gasteiger partial charge in [-0.05, 0) is 42.5 Å². The largest absolute Gasteiger partial charge is 0.452 e. The lowest BCUT2D eigenvalue weighted by atomic mass is 9.86. The van der Waals surface area contributed by atoms with Gasteiger partial charge >= 0.3 is 12.0 Å². The highest BCUT2D eigenvalue weighted by Crippen LogP contribution is 2.23. The standard InChI is InChI=1S/C19H23ClN2O4/c1-13-4-2-3-5-16(13)21-19(25)22-17(23)12-26-18(24)11-8-14-6-9-15(20)10-7-14/h6-11,13,16H,2-5,12H2,1H3,(H2,21,22,23,25)/b11-8+/t13-,16+/m0/s1. The van der Waals surface area contributed by atoms with E-state index in [1.165, 1.54) is 12.5 Å². The summed E-state index contributed by atoms with van der Waals surface area (Å²) in [6.45, 7) is 1.57. The van der Waals surface area contributed by atoms with Gasteiger partial charge in [0, 0.05) is 17.1 Å². The van der Waals surface area contributed by atoms with E-state index >= 15 is 0 Å². The van der Waals surface area contributed by atoms with Gasteiger partial charge in [0.25, 0.3) is 5.91 Å². The molecule has 0 aromatic heterocycles. The summed E-state index contributed by atoms with van der Waals surface area (Å²) in [4.78, 5) is 35.2. The molecule has 0 aliphatic heterocycles. The van der Waals surface area contributed by atoms with E-state index in [2.05, 4.69) is 17.6 Å². The summed E-state index contributed by atoms with van der Waals surface area (Å²) in [5.41, 5.74) is 0.775. The van der Waals surface area contributed by atoms with Crippen LogP contribution in [0.1, 0.15) is 38.2 Å². The number of imide groups is 1. The molecule has 2 atom stereocenters. The Hall–Kier alpha value is -2.34. The van der Waals surface area contributed by atoms with Crippen molar-refractivity contribution in [3.8, 4) is 0 Å². The van der Waals surface area contributed by atoms with E-state index in [9.17, 15) is 14.4 Å². The Morgan fingerprint density at radius 3 is 2.58 bits per heavy atom. The van der Waals surface area contributed by atoms with Crippen molar-refractivity contribution >= 4 is 35.6 Å². The number of esters is 1. The highest BCUT2D eigenvalue weighted by molar-refractivity contribution is 6.30. The molecule has 0 radical (unpaired) electrons. The summed E-state index contributed by atoms with van der Waals surface area (Å²) >= 11 is 5.78. The Balaban J connectivity index is 1.69. The van der Waals surface area contributed by atoms with Gasteiger partial charge in [-0.2, -0.15) is 0 Å². The lowest BCUT2D eigenvalue weighted by molar-refractivity contribution is -0.143. The van der Waals surface area contributed by atoms with Crippen molar-refractivity contribution in [2.75, 3.05) is 6.61 Å². The summed E-state index contributed by atoms with van der Waals surface area (Å²) in [7, 11) is 0. The Labute approximate surface area is 157 Å².